The molecule has 0 saturated heterocycles. The number of nitrogens with zero attached hydrogens (tertiary/aromatic N) is 1. The Bertz CT molecular complexity index is 35.2. The van der Waals surface area contributed by atoms with Crippen LogP contribution in [-0.4, -0.2) is 18.0 Å². The lowest BCUT2D eigenvalue weighted by Crippen LogP contribution is -2.14. The fourth-order valence-corrected chi connectivity index (χ4v) is 0.428. The van der Waals surface area contributed by atoms with E-state index in [9.17, 15) is 0 Å². The summed E-state index contributed by atoms with van der Waals surface area (Å²) in [5, 5.41) is 0. The van der Waals surface area contributed by atoms with E-state index < -0.39 is 0 Å². The molecular formula is C6H12N. The molecule has 0 amide bonds. The predicted octanol–water partition coefficient (Wildman–Crippen LogP) is 1.26. The molecule has 0 aliphatic heterocycles. The Labute approximate surface area is 46.3 Å². The number of rotatable bonds is 3. The van der Waals surface area contributed by atoms with Crippen molar-refractivity contribution in [2.45, 2.75) is 20.3 Å². The summed E-state index contributed by atoms with van der Waals surface area (Å²) in [5.41, 5.74) is 0. The van der Waals surface area contributed by atoms with Gasteiger partial charge in [0, 0.05) is 0 Å². The van der Waals surface area contributed by atoms with Gasteiger partial charge < -0.3 is 0 Å². The van der Waals surface area contributed by atoms with Gasteiger partial charge in [0.15, 0.2) is 0 Å². The largest absolute Gasteiger partial charge is 0.292 e. The molecule has 0 rings (SSSR count). The molecule has 0 unspecified atom stereocenters. The average molecular weight is 98.2 g/mol. The van der Waals surface area contributed by atoms with Crippen molar-refractivity contribution in [3.63, 3.8) is 0 Å². The molecule has 3 radical (unpaired) electrons. The van der Waals surface area contributed by atoms with E-state index in [1.807, 2.05) is 6.92 Å². The van der Waals surface area contributed by atoms with E-state index in [2.05, 4.69) is 6.92 Å². The minimum atomic E-state index is 0.841. The first-order valence-corrected chi connectivity index (χ1v) is 2.77. The van der Waals surface area contributed by atoms with Gasteiger partial charge in [0.05, 0.1) is 7.05 Å². The average Bonchev–Trinajstić information content (AvgIpc) is 1.68. The van der Waals surface area contributed by atoms with Crippen LogP contribution >= 0.6 is 0 Å². The molecule has 0 aliphatic carbocycles. The Hall–Kier alpha value is -0.0400. The smallest absolute Gasteiger partial charge is 0.0882 e. The van der Waals surface area contributed by atoms with Gasteiger partial charge in [0.1, 0.15) is 0 Å². The maximum absolute atomic E-state index is 7.05. The fraction of sp³-hybridized carbons (Fsp3) is 0.833. The van der Waals surface area contributed by atoms with Crippen LogP contribution in [0.4, 0.5) is 0 Å². The van der Waals surface area contributed by atoms with Gasteiger partial charge >= 0.3 is 0 Å². The topological polar surface area (TPSA) is 3.24 Å². The summed E-state index contributed by atoms with van der Waals surface area (Å²) in [7, 11) is 7.05. The van der Waals surface area contributed by atoms with Crippen molar-refractivity contribution in [3.8, 4) is 0 Å². The molecule has 1 nitrogen and oxygen atoms in total. The summed E-state index contributed by atoms with van der Waals surface area (Å²) >= 11 is 0. The Kier molecular flexibility index (Phi) is 4.10. The highest BCUT2D eigenvalue weighted by Crippen LogP contribution is 1.84. The lowest BCUT2D eigenvalue weighted by atomic mass is 10.4. The van der Waals surface area contributed by atoms with Crippen LogP contribution in [0.2, 0.25) is 0 Å². The lowest BCUT2D eigenvalue weighted by molar-refractivity contribution is 0.390. The van der Waals surface area contributed by atoms with E-state index in [-0.39, 0.29) is 0 Å². The van der Waals surface area contributed by atoms with E-state index in [0.717, 1.165) is 19.5 Å². The van der Waals surface area contributed by atoms with Crippen molar-refractivity contribution < 1.29 is 0 Å². The first-order chi connectivity index (χ1) is 3.31. The van der Waals surface area contributed by atoms with Crippen LogP contribution in [-0.2, 0) is 0 Å². The third-order valence-electron chi connectivity index (χ3n) is 0.875. The minimum absolute atomic E-state index is 0.841. The molecule has 1 heteroatoms. The molecule has 0 aromatic rings. The van der Waals surface area contributed by atoms with Crippen molar-refractivity contribution in [3.05, 3.63) is 7.05 Å². The van der Waals surface area contributed by atoms with E-state index in [4.69, 9.17) is 7.05 Å². The SMILES string of the molecule is [C]N(CC)CCC. The summed E-state index contributed by atoms with van der Waals surface area (Å²) < 4.78 is 0. The minimum Gasteiger partial charge on any atom is -0.292 e. The zero-order chi connectivity index (χ0) is 5.70. The zero-order valence-electron chi connectivity index (χ0n) is 5.07. The van der Waals surface area contributed by atoms with Gasteiger partial charge in [-0.15, -0.1) is 0 Å². The summed E-state index contributed by atoms with van der Waals surface area (Å²) in [6, 6.07) is 0. The third kappa shape index (κ3) is 3.80. The van der Waals surface area contributed by atoms with Crippen LogP contribution in [0.15, 0.2) is 0 Å². The van der Waals surface area contributed by atoms with Crippen molar-refractivity contribution in [2.24, 2.45) is 0 Å². The molecule has 0 N–H and O–H groups in total. The van der Waals surface area contributed by atoms with Crippen molar-refractivity contribution in [2.75, 3.05) is 13.1 Å². The fourth-order valence-electron chi connectivity index (χ4n) is 0.428. The summed E-state index contributed by atoms with van der Waals surface area (Å²) in [6.45, 7) is 5.81. The molecule has 0 atom stereocenters. The van der Waals surface area contributed by atoms with Crippen molar-refractivity contribution in [1.82, 2.24) is 4.90 Å². The first kappa shape index (κ1) is 6.96. The second kappa shape index (κ2) is 4.13. The summed E-state index contributed by atoms with van der Waals surface area (Å²) in [6.07, 6.45) is 1.08. The second-order valence-electron chi connectivity index (χ2n) is 1.58. The second-order valence-corrected chi connectivity index (χ2v) is 1.58. The van der Waals surface area contributed by atoms with Crippen LogP contribution < -0.4 is 0 Å². The highest BCUT2D eigenvalue weighted by molar-refractivity contribution is 4.47. The van der Waals surface area contributed by atoms with E-state index in [1.165, 1.54) is 0 Å². The molecule has 0 spiro atoms. The van der Waals surface area contributed by atoms with Gasteiger partial charge in [0.25, 0.3) is 0 Å². The molecule has 0 aromatic heterocycles. The molecule has 0 bridgehead atoms. The molecule has 0 fully saturated rings. The molecule has 7 heavy (non-hydrogen) atoms. The Morgan fingerprint density at radius 1 is 1.43 bits per heavy atom. The number of hydrogen-bond acceptors (Lipinski definition) is 1. The van der Waals surface area contributed by atoms with E-state index >= 15 is 0 Å². The summed E-state index contributed by atoms with van der Waals surface area (Å²) in [4.78, 5) is 1.56. The van der Waals surface area contributed by atoms with Crippen molar-refractivity contribution in [1.29, 1.82) is 0 Å². The maximum atomic E-state index is 7.05. The molecule has 0 heterocycles. The maximum Gasteiger partial charge on any atom is 0.0882 e. The van der Waals surface area contributed by atoms with Gasteiger partial charge in [0.2, 0.25) is 0 Å². The Balaban J connectivity index is 2.83. The molecule has 41 valence electrons. The first-order valence-electron chi connectivity index (χ1n) is 2.77. The van der Waals surface area contributed by atoms with Gasteiger partial charge in [-0.3, -0.25) is 4.90 Å². The van der Waals surface area contributed by atoms with Crippen LogP contribution in [0, 0.1) is 7.05 Å². The Morgan fingerprint density at radius 2 is 2.00 bits per heavy atom. The molecule has 0 aliphatic rings. The van der Waals surface area contributed by atoms with Crippen molar-refractivity contribution >= 4 is 0 Å². The van der Waals surface area contributed by atoms with Crippen LogP contribution in [0.1, 0.15) is 20.3 Å². The number of hydrogen-bond donors (Lipinski definition) is 0. The highest BCUT2D eigenvalue weighted by atomic mass is 15.1. The van der Waals surface area contributed by atoms with Gasteiger partial charge in [-0.25, -0.2) is 0 Å². The zero-order valence-corrected chi connectivity index (χ0v) is 5.07. The normalized spacial score (nSPS) is 10.3. The highest BCUT2D eigenvalue weighted by Gasteiger charge is 1.87. The van der Waals surface area contributed by atoms with Gasteiger partial charge in [-0.2, -0.15) is 0 Å². The van der Waals surface area contributed by atoms with Gasteiger partial charge in [-0.05, 0) is 19.5 Å². The van der Waals surface area contributed by atoms with Crippen LogP contribution in [0.25, 0.3) is 0 Å². The molecule has 0 aromatic carbocycles. The Morgan fingerprint density at radius 3 is 2.14 bits per heavy atom. The quantitative estimate of drug-likeness (QED) is 0.513. The van der Waals surface area contributed by atoms with Crippen LogP contribution in [0.5, 0.6) is 0 Å². The van der Waals surface area contributed by atoms with Crippen LogP contribution in [0.3, 0.4) is 0 Å². The monoisotopic (exact) mass is 98.1 g/mol. The predicted molar refractivity (Wildman–Crippen MR) is 30.8 cm³/mol. The third-order valence-corrected chi connectivity index (χ3v) is 0.875. The lowest BCUT2D eigenvalue weighted by Gasteiger charge is -2.08. The van der Waals surface area contributed by atoms with Gasteiger partial charge in [-0.1, -0.05) is 13.8 Å². The standard InChI is InChI=1S/C6H12N/c1-4-6-7(3)5-2/h4-6H2,1-2H3. The van der Waals surface area contributed by atoms with E-state index in [0.29, 0.717) is 0 Å². The van der Waals surface area contributed by atoms with E-state index in [1.54, 1.807) is 4.90 Å². The summed E-state index contributed by atoms with van der Waals surface area (Å²) in [5.74, 6) is 0. The molecule has 0 saturated carbocycles. The molecular weight excluding hydrogens is 86.1 g/mol.